The van der Waals surface area contributed by atoms with Gasteiger partial charge in [0.2, 0.25) is 0 Å². The molecule has 118 valence electrons. The molecule has 1 heterocycles. The van der Waals surface area contributed by atoms with E-state index >= 15 is 0 Å². The van der Waals surface area contributed by atoms with Crippen LogP contribution in [0.25, 0.3) is 10.9 Å². The highest BCUT2D eigenvalue weighted by Gasteiger charge is 2.13. The molecule has 7 nitrogen and oxygen atoms in total. The van der Waals surface area contributed by atoms with Crippen LogP contribution in [-0.2, 0) is 11.5 Å². The van der Waals surface area contributed by atoms with E-state index in [1.165, 1.54) is 29.1 Å². The van der Waals surface area contributed by atoms with Crippen molar-refractivity contribution in [2.24, 2.45) is 0 Å². The molecule has 0 aliphatic rings. The molecule has 0 fully saturated rings. The van der Waals surface area contributed by atoms with E-state index in [1.54, 1.807) is 0 Å². The highest BCUT2D eigenvalue weighted by molar-refractivity contribution is 6.76. The zero-order chi connectivity index (χ0) is 16.3. The van der Waals surface area contributed by atoms with Gasteiger partial charge in [-0.2, -0.15) is 0 Å². The first kappa shape index (κ1) is 16.3. The summed E-state index contributed by atoms with van der Waals surface area (Å²) >= 11 is 0. The van der Waals surface area contributed by atoms with Gasteiger partial charge in [0.05, 0.1) is 15.8 Å². The highest BCUT2D eigenvalue weighted by Crippen LogP contribution is 2.16. The summed E-state index contributed by atoms with van der Waals surface area (Å²) in [7, 11) is -1.16. The van der Waals surface area contributed by atoms with E-state index in [4.69, 9.17) is 4.74 Å². The fourth-order valence-electron chi connectivity index (χ4n) is 1.89. The third-order valence-corrected chi connectivity index (χ3v) is 4.95. The van der Waals surface area contributed by atoms with Gasteiger partial charge in [-0.05, 0) is 12.1 Å². The number of nitrogens with zero attached hydrogens (tertiary/aromatic N) is 3. The van der Waals surface area contributed by atoms with Crippen molar-refractivity contribution in [3.63, 3.8) is 0 Å². The van der Waals surface area contributed by atoms with Gasteiger partial charge >= 0.3 is 0 Å². The summed E-state index contributed by atoms with van der Waals surface area (Å²) in [6, 6.07) is 5.06. The topological polar surface area (TPSA) is 87.3 Å². The molecule has 0 aliphatic heterocycles. The number of hydrogen-bond donors (Lipinski definition) is 0. The fraction of sp³-hybridized carbons (Fsp3) is 0.429. The zero-order valence-corrected chi connectivity index (χ0v) is 13.9. The number of fused-ring (bicyclic) bond motifs is 1. The Balaban J connectivity index is 2.16. The summed E-state index contributed by atoms with van der Waals surface area (Å²) in [5.41, 5.74) is -0.0195. The van der Waals surface area contributed by atoms with Crippen molar-refractivity contribution in [2.45, 2.75) is 32.4 Å². The zero-order valence-electron chi connectivity index (χ0n) is 12.9. The first-order valence-electron chi connectivity index (χ1n) is 6.99. The lowest BCUT2D eigenvalue weighted by molar-refractivity contribution is -0.384. The fourth-order valence-corrected chi connectivity index (χ4v) is 2.65. The molecule has 2 rings (SSSR count). The standard InChI is InChI=1S/C14H19N3O4Si/c1-22(2,3)7-6-21-10-16-9-15-13-8-11(17(19)20)4-5-12(13)14(16)18/h4-5,8-9H,6-7,10H2,1-3H3. The molecule has 0 saturated heterocycles. The van der Waals surface area contributed by atoms with Crippen molar-refractivity contribution in [2.75, 3.05) is 6.61 Å². The molecular weight excluding hydrogens is 302 g/mol. The van der Waals surface area contributed by atoms with Crippen molar-refractivity contribution in [1.29, 1.82) is 0 Å². The predicted molar refractivity (Wildman–Crippen MR) is 86.8 cm³/mol. The first-order valence-corrected chi connectivity index (χ1v) is 10.7. The van der Waals surface area contributed by atoms with Crippen LogP contribution in [0.5, 0.6) is 0 Å². The van der Waals surface area contributed by atoms with Crippen molar-refractivity contribution in [3.05, 3.63) is 45.0 Å². The third kappa shape index (κ3) is 3.98. The highest BCUT2D eigenvalue weighted by atomic mass is 28.3. The summed E-state index contributed by atoms with van der Waals surface area (Å²) in [5, 5.41) is 11.1. The van der Waals surface area contributed by atoms with Crippen LogP contribution in [0.15, 0.2) is 29.3 Å². The summed E-state index contributed by atoms with van der Waals surface area (Å²) < 4.78 is 6.91. The number of hydrogen-bond acceptors (Lipinski definition) is 5. The quantitative estimate of drug-likeness (QED) is 0.353. The molecule has 0 N–H and O–H groups in total. The monoisotopic (exact) mass is 321 g/mol. The van der Waals surface area contributed by atoms with Gasteiger partial charge in [0.1, 0.15) is 13.1 Å². The van der Waals surface area contributed by atoms with Crippen LogP contribution in [0.2, 0.25) is 25.7 Å². The number of benzene rings is 1. The molecule has 2 aromatic rings. The van der Waals surface area contributed by atoms with E-state index in [1.807, 2.05) is 0 Å². The molecule has 0 amide bonds. The lowest BCUT2D eigenvalue weighted by Crippen LogP contribution is -2.25. The summed E-state index contributed by atoms with van der Waals surface area (Å²) in [6.45, 7) is 7.52. The minimum Gasteiger partial charge on any atom is -0.361 e. The minimum absolute atomic E-state index is 0.0801. The lowest BCUT2D eigenvalue weighted by atomic mass is 10.2. The molecule has 0 atom stereocenters. The third-order valence-electron chi connectivity index (χ3n) is 3.25. The summed E-state index contributed by atoms with van der Waals surface area (Å²) in [6.07, 6.45) is 1.36. The second kappa shape index (κ2) is 6.37. The van der Waals surface area contributed by atoms with Crippen LogP contribution in [0, 0.1) is 10.1 Å². The number of rotatable bonds is 6. The molecule has 8 heteroatoms. The molecule has 1 aromatic carbocycles. The van der Waals surface area contributed by atoms with Crippen molar-refractivity contribution < 1.29 is 9.66 Å². The summed E-state index contributed by atoms with van der Waals surface area (Å²) in [5.74, 6) is 0. The Morgan fingerprint density at radius 3 is 2.73 bits per heavy atom. The number of nitro benzene ring substituents is 1. The van der Waals surface area contributed by atoms with Gasteiger partial charge in [0.25, 0.3) is 11.2 Å². The van der Waals surface area contributed by atoms with E-state index in [-0.39, 0.29) is 18.0 Å². The lowest BCUT2D eigenvalue weighted by Gasteiger charge is -2.15. The molecule has 1 aromatic heterocycles. The Labute approximate surface area is 128 Å². The van der Waals surface area contributed by atoms with Crippen LogP contribution in [-0.4, -0.2) is 29.2 Å². The Morgan fingerprint density at radius 2 is 2.09 bits per heavy atom. The average molecular weight is 321 g/mol. The number of ether oxygens (including phenoxy) is 1. The van der Waals surface area contributed by atoms with Crippen molar-refractivity contribution in [1.82, 2.24) is 9.55 Å². The van der Waals surface area contributed by atoms with E-state index in [9.17, 15) is 14.9 Å². The van der Waals surface area contributed by atoms with Crippen LogP contribution in [0.4, 0.5) is 5.69 Å². The van der Waals surface area contributed by atoms with Crippen LogP contribution in [0.3, 0.4) is 0 Å². The van der Waals surface area contributed by atoms with Gasteiger partial charge in [-0.3, -0.25) is 19.5 Å². The van der Waals surface area contributed by atoms with Crippen molar-refractivity contribution in [3.8, 4) is 0 Å². The Kier molecular flexibility index (Phi) is 4.72. The Hall–Kier alpha value is -2.06. The molecular formula is C14H19N3O4Si. The molecule has 0 spiro atoms. The van der Waals surface area contributed by atoms with Gasteiger partial charge in [-0.25, -0.2) is 4.98 Å². The SMILES string of the molecule is C[Si](C)(C)CCOCn1cnc2cc([N+](=O)[O-])ccc2c1=O. The van der Waals surface area contributed by atoms with Crippen LogP contribution in [0.1, 0.15) is 0 Å². The normalized spacial score (nSPS) is 11.8. The van der Waals surface area contributed by atoms with E-state index in [0.29, 0.717) is 17.5 Å². The van der Waals surface area contributed by atoms with Crippen LogP contribution < -0.4 is 5.56 Å². The molecule has 0 radical (unpaired) electrons. The largest absolute Gasteiger partial charge is 0.361 e. The van der Waals surface area contributed by atoms with Gasteiger partial charge in [-0.1, -0.05) is 19.6 Å². The average Bonchev–Trinajstić information content (AvgIpc) is 2.44. The molecule has 0 unspecified atom stereocenters. The van der Waals surface area contributed by atoms with E-state index in [0.717, 1.165) is 6.04 Å². The minimum atomic E-state index is -1.16. The van der Waals surface area contributed by atoms with Gasteiger partial charge in [0, 0.05) is 26.8 Å². The number of aromatic nitrogens is 2. The summed E-state index contributed by atoms with van der Waals surface area (Å²) in [4.78, 5) is 26.6. The molecule has 0 aliphatic carbocycles. The predicted octanol–water partition coefficient (Wildman–Crippen LogP) is 2.62. The maximum Gasteiger partial charge on any atom is 0.271 e. The molecule has 0 saturated carbocycles. The van der Waals surface area contributed by atoms with Gasteiger partial charge < -0.3 is 4.74 Å². The van der Waals surface area contributed by atoms with Gasteiger partial charge in [-0.15, -0.1) is 0 Å². The Morgan fingerprint density at radius 1 is 1.36 bits per heavy atom. The second-order valence-corrected chi connectivity index (χ2v) is 11.9. The maximum absolute atomic E-state index is 12.3. The number of non-ortho nitro benzene ring substituents is 1. The Bertz CT molecular complexity index is 752. The van der Waals surface area contributed by atoms with E-state index in [2.05, 4.69) is 24.6 Å². The van der Waals surface area contributed by atoms with Crippen LogP contribution >= 0.6 is 0 Å². The smallest absolute Gasteiger partial charge is 0.271 e. The molecule has 0 bridgehead atoms. The second-order valence-electron chi connectivity index (χ2n) is 6.33. The van der Waals surface area contributed by atoms with E-state index < -0.39 is 13.0 Å². The van der Waals surface area contributed by atoms with Crippen molar-refractivity contribution >= 4 is 24.7 Å². The number of nitro groups is 1. The maximum atomic E-state index is 12.3. The first-order chi connectivity index (χ1) is 10.3. The van der Waals surface area contributed by atoms with Gasteiger partial charge in [0.15, 0.2) is 0 Å². The molecule has 22 heavy (non-hydrogen) atoms.